The maximum Gasteiger partial charge on any atom is 0.213 e. The largest absolute Gasteiger partial charge is 0.477 e. The van der Waals surface area contributed by atoms with Gasteiger partial charge in [-0.15, -0.1) is 0 Å². The molecule has 6 heteroatoms. The standard InChI is InChI=1S/C21H26ClN3O2/c22-19-2-1-3-20(25-8-10-26-11-9-25)18(19)14-23-12-17-6-7-21(24-13-17)27-15-16-4-5-16/h1-3,6-7,13,16,23H,4-5,8-12,14-15H2. The SMILES string of the molecule is Clc1cccc(N2CCOCC2)c1CNCc1ccc(OCC2CC2)nc1. The highest BCUT2D eigenvalue weighted by molar-refractivity contribution is 6.31. The summed E-state index contributed by atoms with van der Waals surface area (Å²) in [6.07, 6.45) is 4.46. The number of pyridine rings is 1. The molecule has 27 heavy (non-hydrogen) atoms. The molecule has 1 aliphatic carbocycles. The van der Waals surface area contributed by atoms with Gasteiger partial charge in [0.2, 0.25) is 5.88 Å². The Morgan fingerprint density at radius 2 is 2.00 bits per heavy atom. The predicted octanol–water partition coefficient (Wildman–Crippen LogP) is 3.65. The molecular weight excluding hydrogens is 362 g/mol. The molecule has 144 valence electrons. The fraction of sp³-hybridized carbons (Fsp3) is 0.476. The summed E-state index contributed by atoms with van der Waals surface area (Å²) in [6, 6.07) is 10.1. The Morgan fingerprint density at radius 3 is 2.74 bits per heavy atom. The first kappa shape index (κ1) is 18.5. The number of hydrogen-bond acceptors (Lipinski definition) is 5. The first-order valence-electron chi connectivity index (χ1n) is 9.68. The molecule has 5 nitrogen and oxygen atoms in total. The summed E-state index contributed by atoms with van der Waals surface area (Å²) in [5.74, 6) is 1.45. The Hall–Kier alpha value is -1.82. The van der Waals surface area contributed by atoms with Crippen molar-refractivity contribution in [1.29, 1.82) is 0 Å². The van der Waals surface area contributed by atoms with E-state index in [9.17, 15) is 0 Å². The van der Waals surface area contributed by atoms with Crippen molar-refractivity contribution in [2.45, 2.75) is 25.9 Å². The lowest BCUT2D eigenvalue weighted by Crippen LogP contribution is -2.37. The van der Waals surface area contributed by atoms with Gasteiger partial charge < -0.3 is 19.7 Å². The summed E-state index contributed by atoms with van der Waals surface area (Å²) in [5, 5.41) is 4.29. The van der Waals surface area contributed by atoms with Crippen molar-refractivity contribution >= 4 is 17.3 Å². The molecular formula is C21H26ClN3O2. The van der Waals surface area contributed by atoms with E-state index in [4.69, 9.17) is 21.1 Å². The van der Waals surface area contributed by atoms with Crippen LogP contribution in [0.5, 0.6) is 5.88 Å². The van der Waals surface area contributed by atoms with Gasteiger partial charge >= 0.3 is 0 Å². The zero-order chi connectivity index (χ0) is 18.5. The second-order valence-electron chi connectivity index (χ2n) is 7.20. The van der Waals surface area contributed by atoms with Crippen LogP contribution in [0.1, 0.15) is 24.0 Å². The number of nitrogens with one attached hydrogen (secondary N) is 1. The van der Waals surface area contributed by atoms with Crippen LogP contribution in [0.3, 0.4) is 0 Å². The second kappa shape index (κ2) is 8.91. The molecule has 1 aromatic carbocycles. The summed E-state index contributed by atoms with van der Waals surface area (Å²) >= 11 is 6.49. The van der Waals surface area contributed by atoms with Gasteiger partial charge in [0.15, 0.2) is 0 Å². The van der Waals surface area contributed by atoms with E-state index in [1.807, 2.05) is 24.4 Å². The molecule has 0 bridgehead atoms. The Kier molecular flexibility index (Phi) is 6.12. The van der Waals surface area contributed by atoms with E-state index in [0.717, 1.165) is 61.5 Å². The van der Waals surface area contributed by atoms with Crippen molar-refractivity contribution in [1.82, 2.24) is 10.3 Å². The molecule has 0 atom stereocenters. The van der Waals surface area contributed by atoms with Crippen LogP contribution in [-0.4, -0.2) is 37.9 Å². The topological polar surface area (TPSA) is 46.6 Å². The number of rotatable bonds is 8. The van der Waals surface area contributed by atoms with E-state index >= 15 is 0 Å². The fourth-order valence-corrected chi connectivity index (χ4v) is 3.48. The lowest BCUT2D eigenvalue weighted by atomic mass is 10.1. The van der Waals surface area contributed by atoms with Gasteiger partial charge in [-0.05, 0) is 36.5 Å². The summed E-state index contributed by atoms with van der Waals surface area (Å²) < 4.78 is 11.2. The van der Waals surface area contributed by atoms with E-state index in [1.165, 1.54) is 18.5 Å². The summed E-state index contributed by atoms with van der Waals surface area (Å²) in [6.45, 7) is 5.58. The number of morpholine rings is 1. The highest BCUT2D eigenvalue weighted by Gasteiger charge is 2.22. The van der Waals surface area contributed by atoms with Crippen LogP contribution in [0.2, 0.25) is 5.02 Å². The van der Waals surface area contributed by atoms with Crippen LogP contribution in [0, 0.1) is 5.92 Å². The van der Waals surface area contributed by atoms with Gasteiger partial charge in [0.1, 0.15) is 0 Å². The molecule has 2 fully saturated rings. The van der Waals surface area contributed by atoms with Crippen LogP contribution in [0.15, 0.2) is 36.5 Å². The Bertz CT molecular complexity index is 744. The van der Waals surface area contributed by atoms with Crippen molar-refractivity contribution < 1.29 is 9.47 Å². The molecule has 0 amide bonds. The van der Waals surface area contributed by atoms with Gasteiger partial charge in [0, 0.05) is 54.7 Å². The van der Waals surface area contributed by atoms with Crippen LogP contribution in [0.4, 0.5) is 5.69 Å². The molecule has 0 radical (unpaired) electrons. The van der Waals surface area contributed by atoms with Gasteiger partial charge in [-0.25, -0.2) is 4.98 Å². The first-order chi connectivity index (χ1) is 13.3. The molecule has 1 N–H and O–H groups in total. The van der Waals surface area contributed by atoms with Crippen molar-refractivity contribution in [3.05, 3.63) is 52.7 Å². The number of nitrogens with zero attached hydrogens (tertiary/aromatic N) is 2. The molecule has 2 aromatic rings. The lowest BCUT2D eigenvalue weighted by Gasteiger charge is -2.31. The quantitative estimate of drug-likeness (QED) is 0.749. The number of ether oxygens (including phenoxy) is 2. The van der Waals surface area contributed by atoms with Gasteiger partial charge in [-0.1, -0.05) is 23.7 Å². The van der Waals surface area contributed by atoms with Crippen molar-refractivity contribution in [3.8, 4) is 5.88 Å². The highest BCUT2D eigenvalue weighted by atomic mass is 35.5. The molecule has 1 aromatic heterocycles. The van der Waals surface area contributed by atoms with E-state index in [2.05, 4.69) is 27.3 Å². The molecule has 1 aliphatic heterocycles. The van der Waals surface area contributed by atoms with Crippen LogP contribution in [-0.2, 0) is 17.8 Å². The van der Waals surface area contributed by atoms with E-state index < -0.39 is 0 Å². The maximum absolute atomic E-state index is 6.49. The van der Waals surface area contributed by atoms with Gasteiger partial charge in [-0.3, -0.25) is 0 Å². The first-order valence-corrected chi connectivity index (χ1v) is 10.1. The van der Waals surface area contributed by atoms with E-state index in [-0.39, 0.29) is 0 Å². The third-order valence-electron chi connectivity index (χ3n) is 5.04. The molecule has 2 aliphatic rings. The van der Waals surface area contributed by atoms with Gasteiger partial charge in [-0.2, -0.15) is 0 Å². The zero-order valence-electron chi connectivity index (χ0n) is 15.5. The van der Waals surface area contributed by atoms with Crippen molar-refractivity contribution in [3.63, 3.8) is 0 Å². The van der Waals surface area contributed by atoms with Crippen LogP contribution < -0.4 is 15.0 Å². The summed E-state index contributed by atoms with van der Waals surface area (Å²) in [5.41, 5.74) is 3.47. The van der Waals surface area contributed by atoms with Crippen LogP contribution in [0.25, 0.3) is 0 Å². The Morgan fingerprint density at radius 1 is 1.15 bits per heavy atom. The number of anilines is 1. The van der Waals surface area contributed by atoms with E-state index in [1.54, 1.807) is 0 Å². The Balaban J connectivity index is 1.33. The monoisotopic (exact) mass is 387 g/mol. The predicted molar refractivity (Wildman–Crippen MR) is 107 cm³/mol. The molecule has 4 rings (SSSR count). The smallest absolute Gasteiger partial charge is 0.213 e. The van der Waals surface area contributed by atoms with Crippen molar-refractivity contribution in [2.75, 3.05) is 37.8 Å². The maximum atomic E-state index is 6.49. The molecule has 1 saturated carbocycles. The van der Waals surface area contributed by atoms with Crippen LogP contribution >= 0.6 is 11.6 Å². The minimum Gasteiger partial charge on any atom is -0.477 e. The minimum absolute atomic E-state index is 0.714. The number of halogens is 1. The van der Waals surface area contributed by atoms with Gasteiger partial charge in [0.25, 0.3) is 0 Å². The third kappa shape index (κ3) is 5.12. The fourth-order valence-electron chi connectivity index (χ4n) is 3.24. The average Bonchev–Trinajstić information content (AvgIpc) is 3.54. The molecule has 1 saturated heterocycles. The Labute approximate surface area is 165 Å². The second-order valence-corrected chi connectivity index (χ2v) is 7.61. The highest BCUT2D eigenvalue weighted by Crippen LogP contribution is 2.29. The normalized spacial score (nSPS) is 17.1. The molecule has 2 heterocycles. The minimum atomic E-state index is 0.714. The summed E-state index contributed by atoms with van der Waals surface area (Å²) in [7, 11) is 0. The number of benzene rings is 1. The average molecular weight is 388 g/mol. The van der Waals surface area contributed by atoms with Gasteiger partial charge in [0.05, 0.1) is 19.8 Å². The third-order valence-corrected chi connectivity index (χ3v) is 5.39. The van der Waals surface area contributed by atoms with Crippen molar-refractivity contribution in [2.24, 2.45) is 5.92 Å². The number of hydrogen-bond donors (Lipinski definition) is 1. The summed E-state index contributed by atoms with van der Waals surface area (Å²) in [4.78, 5) is 6.75. The zero-order valence-corrected chi connectivity index (χ0v) is 16.3. The molecule has 0 spiro atoms. The lowest BCUT2D eigenvalue weighted by molar-refractivity contribution is 0.122. The van der Waals surface area contributed by atoms with E-state index in [0.29, 0.717) is 12.4 Å². The molecule has 0 unspecified atom stereocenters. The number of aromatic nitrogens is 1.